The smallest absolute Gasteiger partial charge is 0.321 e. The molecule has 8 heteroatoms. The zero-order valence-corrected chi connectivity index (χ0v) is 16.4. The predicted molar refractivity (Wildman–Crippen MR) is 103 cm³/mol. The molecule has 0 aliphatic carbocycles. The first kappa shape index (κ1) is 23.6. The van der Waals surface area contributed by atoms with Crippen LogP contribution in [0.5, 0.6) is 0 Å². The SMILES string of the molecule is CCCCCNC(CSSC[C@H](NCCCCC)C(=O)O)C(=O)O. The van der Waals surface area contributed by atoms with Gasteiger partial charge in [0.05, 0.1) is 0 Å². The van der Waals surface area contributed by atoms with Crippen molar-refractivity contribution in [2.45, 2.75) is 64.5 Å². The molecule has 0 bridgehead atoms. The number of unbranched alkanes of at least 4 members (excludes halogenated alkanes) is 4. The van der Waals surface area contributed by atoms with E-state index in [4.69, 9.17) is 0 Å². The van der Waals surface area contributed by atoms with Gasteiger partial charge in [0, 0.05) is 11.5 Å². The molecule has 6 nitrogen and oxygen atoms in total. The maximum Gasteiger partial charge on any atom is 0.321 e. The Bertz CT molecular complexity index is 314. The Labute approximate surface area is 153 Å². The molecule has 24 heavy (non-hydrogen) atoms. The van der Waals surface area contributed by atoms with E-state index in [1.54, 1.807) is 0 Å². The molecule has 0 aromatic carbocycles. The molecule has 142 valence electrons. The fourth-order valence-corrected chi connectivity index (χ4v) is 4.35. The Balaban J connectivity index is 3.96. The van der Waals surface area contributed by atoms with Crippen LogP contribution in [0.2, 0.25) is 0 Å². The van der Waals surface area contributed by atoms with E-state index in [-0.39, 0.29) is 0 Å². The van der Waals surface area contributed by atoms with Crippen molar-refractivity contribution >= 4 is 33.5 Å². The molecule has 0 saturated heterocycles. The zero-order chi connectivity index (χ0) is 18.2. The topological polar surface area (TPSA) is 98.7 Å². The van der Waals surface area contributed by atoms with Crippen molar-refractivity contribution in [1.29, 1.82) is 0 Å². The summed E-state index contributed by atoms with van der Waals surface area (Å²) in [5.41, 5.74) is 0. The first-order valence-electron chi connectivity index (χ1n) is 8.69. The summed E-state index contributed by atoms with van der Waals surface area (Å²) in [4.78, 5) is 22.4. The molecule has 0 aliphatic heterocycles. The Hall–Kier alpha value is -0.440. The molecular formula is C16H32N2O4S2. The lowest BCUT2D eigenvalue weighted by molar-refractivity contribution is -0.139. The molecule has 4 N–H and O–H groups in total. The average molecular weight is 381 g/mol. The van der Waals surface area contributed by atoms with E-state index in [2.05, 4.69) is 24.5 Å². The van der Waals surface area contributed by atoms with Crippen LogP contribution in [0.1, 0.15) is 52.4 Å². The third-order valence-electron chi connectivity index (χ3n) is 3.49. The number of hydrogen-bond acceptors (Lipinski definition) is 6. The van der Waals surface area contributed by atoms with Gasteiger partial charge in [0.1, 0.15) is 12.1 Å². The van der Waals surface area contributed by atoms with Crippen molar-refractivity contribution < 1.29 is 19.8 Å². The minimum absolute atomic E-state index is 0.425. The van der Waals surface area contributed by atoms with Gasteiger partial charge in [-0.25, -0.2) is 0 Å². The summed E-state index contributed by atoms with van der Waals surface area (Å²) in [6, 6.07) is -1.17. The van der Waals surface area contributed by atoms with Gasteiger partial charge < -0.3 is 20.8 Å². The van der Waals surface area contributed by atoms with Crippen molar-refractivity contribution in [1.82, 2.24) is 10.6 Å². The number of hydrogen-bond donors (Lipinski definition) is 4. The average Bonchev–Trinajstić information content (AvgIpc) is 2.54. The largest absolute Gasteiger partial charge is 0.480 e. The summed E-state index contributed by atoms with van der Waals surface area (Å²) in [5.74, 6) is -0.859. The second-order valence-corrected chi connectivity index (χ2v) is 8.23. The Morgan fingerprint density at radius 2 is 1.17 bits per heavy atom. The quantitative estimate of drug-likeness (QED) is 0.226. The van der Waals surface area contributed by atoms with Crippen LogP contribution < -0.4 is 10.6 Å². The molecule has 0 amide bonds. The molecule has 1 unspecified atom stereocenters. The lowest BCUT2D eigenvalue weighted by atomic mass is 10.2. The minimum atomic E-state index is -0.855. The second kappa shape index (κ2) is 16.1. The van der Waals surface area contributed by atoms with Gasteiger partial charge in [-0.15, -0.1) is 0 Å². The molecule has 0 aromatic heterocycles. The van der Waals surface area contributed by atoms with E-state index in [9.17, 15) is 19.8 Å². The van der Waals surface area contributed by atoms with Crippen LogP contribution in [0, 0.1) is 0 Å². The first-order valence-corrected chi connectivity index (χ1v) is 11.2. The van der Waals surface area contributed by atoms with Crippen LogP contribution >= 0.6 is 21.6 Å². The van der Waals surface area contributed by atoms with Gasteiger partial charge in [-0.3, -0.25) is 9.59 Å². The van der Waals surface area contributed by atoms with Crippen LogP contribution in [0.3, 0.4) is 0 Å². The maximum atomic E-state index is 11.2. The van der Waals surface area contributed by atoms with Crippen molar-refractivity contribution in [3.63, 3.8) is 0 Å². The third-order valence-corrected chi connectivity index (χ3v) is 5.91. The molecule has 0 aromatic rings. The highest BCUT2D eigenvalue weighted by atomic mass is 33.1. The molecule has 0 radical (unpaired) electrons. The molecule has 0 rings (SSSR count). The highest BCUT2D eigenvalue weighted by molar-refractivity contribution is 8.76. The van der Waals surface area contributed by atoms with E-state index in [0.717, 1.165) is 38.5 Å². The highest BCUT2D eigenvalue weighted by Gasteiger charge is 2.19. The molecule has 2 atom stereocenters. The Morgan fingerprint density at radius 1 is 0.792 bits per heavy atom. The molecule has 0 spiro atoms. The first-order chi connectivity index (χ1) is 11.5. The van der Waals surface area contributed by atoms with Crippen LogP contribution in [0.4, 0.5) is 0 Å². The predicted octanol–water partition coefficient (Wildman–Crippen LogP) is 2.83. The van der Waals surface area contributed by atoms with Gasteiger partial charge in [0.15, 0.2) is 0 Å². The molecule has 0 aliphatic rings. The fraction of sp³-hybridized carbons (Fsp3) is 0.875. The summed E-state index contributed by atoms with van der Waals surface area (Å²) in [6.07, 6.45) is 6.33. The van der Waals surface area contributed by atoms with Crippen LogP contribution in [0.25, 0.3) is 0 Å². The number of aliphatic carboxylic acids is 2. The lowest BCUT2D eigenvalue weighted by Crippen LogP contribution is -2.40. The van der Waals surface area contributed by atoms with E-state index in [1.165, 1.54) is 21.6 Å². The Kier molecular flexibility index (Phi) is 15.8. The van der Waals surface area contributed by atoms with E-state index >= 15 is 0 Å². The molecule has 0 fully saturated rings. The van der Waals surface area contributed by atoms with Crippen molar-refractivity contribution in [2.24, 2.45) is 0 Å². The van der Waals surface area contributed by atoms with Gasteiger partial charge >= 0.3 is 11.9 Å². The molecule has 0 heterocycles. The van der Waals surface area contributed by atoms with Crippen molar-refractivity contribution in [3.8, 4) is 0 Å². The maximum absolute atomic E-state index is 11.2. The second-order valence-electron chi connectivity index (χ2n) is 5.67. The number of rotatable bonds is 17. The van der Waals surface area contributed by atoms with Crippen LogP contribution in [0.15, 0.2) is 0 Å². The van der Waals surface area contributed by atoms with E-state index in [0.29, 0.717) is 24.6 Å². The zero-order valence-electron chi connectivity index (χ0n) is 14.8. The normalized spacial score (nSPS) is 13.6. The molecular weight excluding hydrogens is 348 g/mol. The van der Waals surface area contributed by atoms with Gasteiger partial charge in [-0.2, -0.15) is 0 Å². The standard InChI is InChI=1S/C16H32N2O4S2/c1-3-5-7-9-17-13(15(19)20)11-23-24-12-14(16(21)22)18-10-8-6-4-2/h13-14,17-18H,3-12H2,1-2H3,(H,19,20)(H,21,22)/t13-,14?/m0/s1. The number of carboxylic acid groups (broad SMARTS) is 2. The lowest BCUT2D eigenvalue weighted by Gasteiger charge is -2.16. The van der Waals surface area contributed by atoms with Crippen molar-refractivity contribution in [2.75, 3.05) is 24.6 Å². The van der Waals surface area contributed by atoms with E-state index in [1.807, 2.05) is 0 Å². The van der Waals surface area contributed by atoms with Gasteiger partial charge in [-0.05, 0) is 25.9 Å². The third kappa shape index (κ3) is 12.9. The van der Waals surface area contributed by atoms with Crippen LogP contribution in [-0.2, 0) is 9.59 Å². The van der Waals surface area contributed by atoms with Crippen LogP contribution in [-0.4, -0.2) is 58.8 Å². The number of carboxylic acids is 2. The number of carbonyl (C=O) groups is 2. The highest BCUT2D eigenvalue weighted by Crippen LogP contribution is 2.23. The number of nitrogens with one attached hydrogen (secondary N) is 2. The summed E-state index contributed by atoms with van der Waals surface area (Å²) < 4.78 is 0. The van der Waals surface area contributed by atoms with Gasteiger partial charge in [-0.1, -0.05) is 61.1 Å². The summed E-state index contributed by atoms with van der Waals surface area (Å²) in [6.45, 7) is 5.62. The molecule has 0 saturated carbocycles. The summed E-state index contributed by atoms with van der Waals surface area (Å²) in [7, 11) is 2.83. The monoisotopic (exact) mass is 380 g/mol. The Morgan fingerprint density at radius 3 is 1.46 bits per heavy atom. The van der Waals surface area contributed by atoms with Gasteiger partial charge in [0.25, 0.3) is 0 Å². The fourth-order valence-electron chi connectivity index (χ4n) is 1.97. The minimum Gasteiger partial charge on any atom is -0.480 e. The van der Waals surface area contributed by atoms with Crippen molar-refractivity contribution in [3.05, 3.63) is 0 Å². The van der Waals surface area contributed by atoms with E-state index < -0.39 is 24.0 Å². The van der Waals surface area contributed by atoms with Gasteiger partial charge in [0.2, 0.25) is 0 Å². The summed E-state index contributed by atoms with van der Waals surface area (Å²) >= 11 is 0. The summed E-state index contributed by atoms with van der Waals surface area (Å²) in [5, 5.41) is 24.5.